The Morgan fingerprint density at radius 2 is 0.925 bits per heavy atom. The lowest BCUT2D eigenvalue weighted by atomic mass is 9.89. The first-order valence-electron chi connectivity index (χ1n) is 18.2. The molecule has 246 valence electrons. The number of rotatable bonds is 3. The van der Waals surface area contributed by atoms with Crippen LogP contribution in [0.25, 0.3) is 108 Å². The Morgan fingerprint density at radius 3 is 1.70 bits per heavy atom. The van der Waals surface area contributed by atoms with Gasteiger partial charge in [0.2, 0.25) is 0 Å². The van der Waals surface area contributed by atoms with E-state index in [1.807, 2.05) is 11.3 Å². The highest BCUT2D eigenvalue weighted by Crippen LogP contribution is 2.47. The Kier molecular flexibility index (Phi) is 5.96. The van der Waals surface area contributed by atoms with Crippen LogP contribution in [0.3, 0.4) is 0 Å². The standard InChI is InChI=1S/C50H30N2S/c1-3-13-33(14-4-1)51-43-20-10-7-17-35(43)41-27-31(23-25-45(41)51)40-28-32-29-42-36-18-9-12-22-47(36)53-48(42)30-39(32)37-24-26-46-50(49(37)40)38-19-8-11-21-44(38)52(46)34-15-5-2-6-16-34/h1-30H. The van der Waals surface area contributed by atoms with Crippen molar-refractivity contribution in [1.29, 1.82) is 0 Å². The smallest absolute Gasteiger partial charge is 0.0547 e. The maximum Gasteiger partial charge on any atom is 0.0547 e. The number of hydrogen-bond donors (Lipinski definition) is 0. The fourth-order valence-electron chi connectivity index (χ4n) is 9.01. The molecule has 12 rings (SSSR count). The number of hydrogen-bond acceptors (Lipinski definition) is 1. The Morgan fingerprint density at radius 1 is 0.321 bits per heavy atom. The fourth-order valence-corrected chi connectivity index (χ4v) is 10.1. The summed E-state index contributed by atoms with van der Waals surface area (Å²) in [6.45, 7) is 0. The SMILES string of the molecule is c1ccc(-n2c3ccccc3c3cc(-c4cc5cc6c(cc5c5ccc7c(c8ccccc8n7-c7ccccc7)c45)sc4ccccc46)ccc32)cc1. The predicted molar refractivity (Wildman–Crippen MR) is 228 cm³/mol. The number of fused-ring (bicyclic) bond motifs is 13. The maximum absolute atomic E-state index is 2.47. The molecule has 0 saturated heterocycles. The van der Waals surface area contributed by atoms with Gasteiger partial charge in [-0.25, -0.2) is 0 Å². The van der Waals surface area contributed by atoms with E-state index in [2.05, 4.69) is 191 Å². The van der Waals surface area contributed by atoms with E-state index in [4.69, 9.17) is 0 Å². The minimum Gasteiger partial charge on any atom is -0.309 e. The highest BCUT2D eigenvalue weighted by atomic mass is 32.1. The Labute approximate surface area is 309 Å². The summed E-state index contributed by atoms with van der Waals surface area (Å²) in [5.74, 6) is 0. The van der Waals surface area contributed by atoms with Crippen LogP contribution in [0.2, 0.25) is 0 Å². The first kappa shape index (κ1) is 29.0. The van der Waals surface area contributed by atoms with Crippen LogP contribution in [-0.2, 0) is 0 Å². The van der Waals surface area contributed by atoms with Gasteiger partial charge in [-0.1, -0.05) is 103 Å². The second-order valence-electron chi connectivity index (χ2n) is 14.1. The molecule has 0 atom stereocenters. The molecule has 0 aliphatic rings. The largest absolute Gasteiger partial charge is 0.309 e. The van der Waals surface area contributed by atoms with Gasteiger partial charge < -0.3 is 9.13 Å². The van der Waals surface area contributed by atoms with Crippen molar-refractivity contribution < 1.29 is 0 Å². The summed E-state index contributed by atoms with van der Waals surface area (Å²) in [4.78, 5) is 0. The molecule has 0 amide bonds. The first-order chi connectivity index (χ1) is 26.3. The lowest BCUT2D eigenvalue weighted by Gasteiger charge is -2.15. The third-order valence-corrected chi connectivity index (χ3v) is 12.4. The summed E-state index contributed by atoms with van der Waals surface area (Å²) in [5.41, 5.74) is 9.68. The van der Waals surface area contributed by atoms with Crippen molar-refractivity contribution in [2.45, 2.75) is 0 Å². The van der Waals surface area contributed by atoms with Crippen molar-refractivity contribution in [2.24, 2.45) is 0 Å². The molecule has 9 aromatic carbocycles. The zero-order valence-electron chi connectivity index (χ0n) is 28.6. The molecule has 0 saturated carbocycles. The van der Waals surface area contributed by atoms with E-state index in [1.165, 1.54) is 108 Å². The Balaban J connectivity index is 1.25. The van der Waals surface area contributed by atoms with Crippen LogP contribution in [0.1, 0.15) is 0 Å². The van der Waals surface area contributed by atoms with Crippen LogP contribution in [0.5, 0.6) is 0 Å². The minimum absolute atomic E-state index is 1.17. The summed E-state index contributed by atoms with van der Waals surface area (Å²) in [5, 5.41) is 12.9. The first-order valence-corrected chi connectivity index (χ1v) is 19.0. The van der Waals surface area contributed by atoms with Crippen molar-refractivity contribution in [3.8, 4) is 22.5 Å². The van der Waals surface area contributed by atoms with Crippen LogP contribution >= 0.6 is 11.3 Å². The molecule has 12 aromatic rings. The summed E-state index contributed by atoms with van der Waals surface area (Å²) in [6, 6.07) is 67.2. The van der Waals surface area contributed by atoms with E-state index < -0.39 is 0 Å². The molecule has 3 heterocycles. The van der Waals surface area contributed by atoms with E-state index in [-0.39, 0.29) is 0 Å². The van der Waals surface area contributed by atoms with Crippen molar-refractivity contribution in [1.82, 2.24) is 9.13 Å². The molecule has 0 spiro atoms. The van der Waals surface area contributed by atoms with Crippen LogP contribution in [0, 0.1) is 0 Å². The molecule has 0 aliphatic carbocycles. The highest BCUT2D eigenvalue weighted by Gasteiger charge is 2.21. The van der Waals surface area contributed by atoms with E-state index in [9.17, 15) is 0 Å². The van der Waals surface area contributed by atoms with Gasteiger partial charge in [-0.15, -0.1) is 11.3 Å². The number of nitrogens with zero attached hydrogens (tertiary/aromatic N) is 2. The van der Waals surface area contributed by atoms with Gasteiger partial charge in [-0.2, -0.15) is 0 Å². The predicted octanol–water partition coefficient (Wildman–Crippen LogP) is 14.2. The molecule has 53 heavy (non-hydrogen) atoms. The fraction of sp³-hybridized carbons (Fsp3) is 0. The van der Waals surface area contributed by atoms with Crippen LogP contribution < -0.4 is 0 Å². The second-order valence-corrected chi connectivity index (χ2v) is 15.2. The molecule has 0 bridgehead atoms. The van der Waals surface area contributed by atoms with E-state index >= 15 is 0 Å². The normalized spacial score (nSPS) is 12.2. The van der Waals surface area contributed by atoms with Gasteiger partial charge in [0, 0.05) is 58.5 Å². The Bertz CT molecular complexity index is 3440. The minimum atomic E-state index is 1.17. The number of thiophene rings is 1. The topological polar surface area (TPSA) is 9.86 Å². The quantitative estimate of drug-likeness (QED) is 0.163. The average Bonchev–Trinajstić information content (AvgIpc) is 3.87. The Hall–Kier alpha value is -6.68. The summed E-state index contributed by atoms with van der Waals surface area (Å²) >= 11 is 1.89. The summed E-state index contributed by atoms with van der Waals surface area (Å²) in [6.07, 6.45) is 0. The maximum atomic E-state index is 2.47. The molecule has 2 nitrogen and oxygen atoms in total. The van der Waals surface area contributed by atoms with Gasteiger partial charge in [0.05, 0.1) is 22.1 Å². The lowest BCUT2D eigenvalue weighted by molar-refractivity contribution is 1.18. The molecule has 3 heteroatoms. The average molecular weight is 691 g/mol. The molecular weight excluding hydrogens is 661 g/mol. The molecule has 0 unspecified atom stereocenters. The highest BCUT2D eigenvalue weighted by molar-refractivity contribution is 7.25. The number of aromatic nitrogens is 2. The van der Waals surface area contributed by atoms with Crippen molar-refractivity contribution in [3.05, 3.63) is 182 Å². The van der Waals surface area contributed by atoms with E-state index in [0.717, 1.165) is 0 Å². The van der Waals surface area contributed by atoms with Crippen LogP contribution in [-0.4, -0.2) is 9.13 Å². The zero-order chi connectivity index (χ0) is 34.6. The van der Waals surface area contributed by atoms with Crippen molar-refractivity contribution in [3.63, 3.8) is 0 Å². The monoisotopic (exact) mass is 690 g/mol. The third kappa shape index (κ3) is 4.08. The van der Waals surface area contributed by atoms with Gasteiger partial charge in [0.1, 0.15) is 0 Å². The van der Waals surface area contributed by atoms with Crippen LogP contribution in [0.15, 0.2) is 182 Å². The molecule has 0 fully saturated rings. The molecule has 3 aromatic heterocycles. The third-order valence-electron chi connectivity index (χ3n) is 11.3. The van der Waals surface area contributed by atoms with Crippen LogP contribution in [0.4, 0.5) is 0 Å². The summed E-state index contributed by atoms with van der Waals surface area (Å²) in [7, 11) is 0. The molecule has 0 aliphatic heterocycles. The van der Waals surface area contributed by atoms with Crippen molar-refractivity contribution >= 4 is 96.7 Å². The van der Waals surface area contributed by atoms with E-state index in [1.54, 1.807) is 0 Å². The van der Waals surface area contributed by atoms with Crippen molar-refractivity contribution in [2.75, 3.05) is 0 Å². The van der Waals surface area contributed by atoms with Gasteiger partial charge in [-0.05, 0) is 106 Å². The zero-order valence-corrected chi connectivity index (χ0v) is 29.4. The summed E-state index contributed by atoms with van der Waals surface area (Å²) < 4.78 is 7.49. The number of benzene rings is 9. The molecular formula is C50H30N2S. The van der Waals surface area contributed by atoms with Gasteiger partial charge in [0.25, 0.3) is 0 Å². The lowest BCUT2D eigenvalue weighted by Crippen LogP contribution is -1.93. The molecule has 0 radical (unpaired) electrons. The van der Waals surface area contributed by atoms with Gasteiger partial charge >= 0.3 is 0 Å². The van der Waals surface area contributed by atoms with Gasteiger partial charge in [0.15, 0.2) is 0 Å². The van der Waals surface area contributed by atoms with E-state index in [0.29, 0.717) is 0 Å². The molecule has 0 N–H and O–H groups in total. The van der Waals surface area contributed by atoms with Gasteiger partial charge in [-0.3, -0.25) is 0 Å². The number of para-hydroxylation sites is 4. The second kappa shape index (κ2) is 10.9.